The Labute approximate surface area is 187 Å². The number of anilines is 1. The van der Waals surface area contributed by atoms with Gasteiger partial charge in [-0.25, -0.2) is 4.98 Å². The second-order valence-corrected chi connectivity index (χ2v) is 8.71. The first-order valence-electron chi connectivity index (χ1n) is 10.5. The molecule has 7 nitrogen and oxygen atoms in total. The first kappa shape index (κ1) is 21.6. The number of aromatic nitrogens is 2. The third-order valence-corrected chi connectivity index (χ3v) is 5.51. The van der Waals surface area contributed by atoms with Crippen LogP contribution in [-0.2, 0) is 10.2 Å². The molecule has 2 aromatic heterocycles. The molecule has 0 bridgehead atoms. The Morgan fingerprint density at radius 2 is 1.91 bits per heavy atom. The molecule has 7 heteroatoms. The summed E-state index contributed by atoms with van der Waals surface area (Å²) in [6.07, 6.45) is 4.88. The Morgan fingerprint density at radius 1 is 1.19 bits per heavy atom. The first-order valence-corrected chi connectivity index (χ1v) is 10.5. The zero-order chi connectivity index (χ0) is 22.9. The molecular formula is C25H26N4O3. The number of nitrogens with two attached hydrogens (primary N) is 1. The Hall–Kier alpha value is -3.63. The maximum Gasteiger partial charge on any atom is 0.229 e. The van der Waals surface area contributed by atoms with Crippen molar-refractivity contribution in [1.29, 1.82) is 0 Å². The first-order chi connectivity index (χ1) is 15.2. The molecule has 1 aliphatic carbocycles. The normalized spacial score (nSPS) is 14.4. The van der Waals surface area contributed by atoms with Crippen molar-refractivity contribution < 1.29 is 14.6 Å². The van der Waals surface area contributed by atoms with E-state index in [1.165, 1.54) is 0 Å². The molecule has 164 valence electrons. The number of rotatable bonds is 6. The van der Waals surface area contributed by atoms with Gasteiger partial charge in [0.2, 0.25) is 5.91 Å². The van der Waals surface area contributed by atoms with Gasteiger partial charge in [-0.1, -0.05) is 11.8 Å². The topological polar surface area (TPSA) is 110 Å². The smallest absolute Gasteiger partial charge is 0.229 e. The SMILES string of the molecule is CNc1ncc(C#Cc2ccc(OCC(C)(C)O)cc2)c2cc(C3(C(N)=O)CC3)ncc12. The number of primary amides is 1. The minimum atomic E-state index is -0.896. The van der Waals surface area contributed by atoms with Crippen molar-refractivity contribution in [3.8, 4) is 17.6 Å². The molecule has 1 fully saturated rings. The fourth-order valence-corrected chi connectivity index (χ4v) is 3.48. The molecule has 0 radical (unpaired) electrons. The van der Waals surface area contributed by atoms with Crippen LogP contribution in [0.3, 0.4) is 0 Å². The molecule has 4 rings (SSSR count). The summed E-state index contributed by atoms with van der Waals surface area (Å²) in [4.78, 5) is 20.9. The van der Waals surface area contributed by atoms with E-state index >= 15 is 0 Å². The molecule has 0 saturated heterocycles. The van der Waals surface area contributed by atoms with Crippen LogP contribution in [-0.4, -0.2) is 40.2 Å². The van der Waals surface area contributed by atoms with E-state index < -0.39 is 11.0 Å². The number of ether oxygens (including phenoxy) is 1. The second-order valence-electron chi connectivity index (χ2n) is 8.71. The van der Waals surface area contributed by atoms with Crippen molar-refractivity contribution in [2.24, 2.45) is 5.73 Å². The monoisotopic (exact) mass is 430 g/mol. The van der Waals surface area contributed by atoms with Gasteiger partial charge in [-0.15, -0.1) is 0 Å². The Balaban J connectivity index is 1.66. The van der Waals surface area contributed by atoms with Crippen LogP contribution in [0.1, 0.15) is 43.5 Å². The molecular weight excluding hydrogens is 404 g/mol. The van der Waals surface area contributed by atoms with Gasteiger partial charge < -0.3 is 20.9 Å². The lowest BCUT2D eigenvalue weighted by Crippen LogP contribution is -2.29. The van der Waals surface area contributed by atoms with Crippen molar-refractivity contribution in [2.45, 2.75) is 37.7 Å². The highest BCUT2D eigenvalue weighted by atomic mass is 16.5. The zero-order valence-electron chi connectivity index (χ0n) is 18.4. The van der Waals surface area contributed by atoms with Gasteiger partial charge in [0, 0.05) is 35.8 Å². The summed E-state index contributed by atoms with van der Waals surface area (Å²) >= 11 is 0. The quantitative estimate of drug-likeness (QED) is 0.519. The lowest BCUT2D eigenvalue weighted by Gasteiger charge is -2.17. The van der Waals surface area contributed by atoms with E-state index in [1.54, 1.807) is 33.3 Å². The average molecular weight is 431 g/mol. The number of aliphatic hydroxyl groups is 1. The predicted octanol–water partition coefficient (Wildman–Crippen LogP) is 2.74. The molecule has 1 amide bonds. The summed E-state index contributed by atoms with van der Waals surface area (Å²) in [5.74, 6) is 7.38. The number of amides is 1. The van der Waals surface area contributed by atoms with Crippen LogP contribution in [0, 0.1) is 11.8 Å². The zero-order valence-corrected chi connectivity index (χ0v) is 18.4. The number of hydrogen-bond donors (Lipinski definition) is 3. The summed E-state index contributed by atoms with van der Waals surface area (Å²) in [5, 5.41) is 14.6. The Bertz CT molecular complexity index is 1230. The average Bonchev–Trinajstić information content (AvgIpc) is 3.58. The van der Waals surface area contributed by atoms with E-state index in [-0.39, 0.29) is 12.5 Å². The fourth-order valence-electron chi connectivity index (χ4n) is 3.48. The second kappa shape index (κ2) is 8.13. The third-order valence-electron chi connectivity index (χ3n) is 5.51. The van der Waals surface area contributed by atoms with Crippen molar-refractivity contribution in [2.75, 3.05) is 19.0 Å². The number of pyridine rings is 2. The standard InChI is InChI=1S/C25H26N4O3/c1-24(2,31)15-32-18-8-5-16(6-9-18)4-7-17-13-29-22(27-3)20-14-28-21(12-19(17)20)25(10-11-25)23(26)30/h5-6,8-9,12-14,31H,10-11,15H2,1-3H3,(H2,26,30)(H,27,29). The van der Waals surface area contributed by atoms with Gasteiger partial charge in [0.15, 0.2) is 0 Å². The molecule has 0 spiro atoms. The fraction of sp³-hybridized carbons (Fsp3) is 0.320. The van der Waals surface area contributed by atoms with Gasteiger partial charge in [-0.2, -0.15) is 0 Å². The largest absolute Gasteiger partial charge is 0.491 e. The van der Waals surface area contributed by atoms with E-state index in [9.17, 15) is 9.90 Å². The van der Waals surface area contributed by atoms with Gasteiger partial charge in [-0.05, 0) is 57.0 Å². The van der Waals surface area contributed by atoms with Crippen molar-refractivity contribution in [3.63, 3.8) is 0 Å². The van der Waals surface area contributed by atoms with Crippen LogP contribution in [0.25, 0.3) is 10.8 Å². The molecule has 1 aromatic carbocycles. The highest BCUT2D eigenvalue weighted by molar-refractivity contribution is 5.97. The number of benzene rings is 1. The number of nitrogens with one attached hydrogen (secondary N) is 1. The highest BCUT2D eigenvalue weighted by Gasteiger charge is 2.51. The predicted molar refractivity (Wildman–Crippen MR) is 123 cm³/mol. The van der Waals surface area contributed by atoms with Crippen LogP contribution < -0.4 is 15.8 Å². The summed E-state index contributed by atoms with van der Waals surface area (Å²) in [7, 11) is 1.80. The molecule has 32 heavy (non-hydrogen) atoms. The molecule has 3 aromatic rings. The van der Waals surface area contributed by atoms with Gasteiger partial charge in [0.05, 0.1) is 22.3 Å². The number of carbonyl (C=O) groups is 1. The summed E-state index contributed by atoms with van der Waals surface area (Å²) in [6, 6.07) is 9.28. The summed E-state index contributed by atoms with van der Waals surface area (Å²) < 4.78 is 5.58. The number of hydrogen-bond acceptors (Lipinski definition) is 6. The Kier molecular flexibility index (Phi) is 5.49. The van der Waals surface area contributed by atoms with Crippen molar-refractivity contribution in [3.05, 3.63) is 59.5 Å². The van der Waals surface area contributed by atoms with Crippen LogP contribution in [0.15, 0.2) is 42.7 Å². The van der Waals surface area contributed by atoms with E-state index in [4.69, 9.17) is 10.5 Å². The van der Waals surface area contributed by atoms with Gasteiger partial charge >= 0.3 is 0 Å². The molecule has 2 heterocycles. The van der Waals surface area contributed by atoms with Crippen LogP contribution in [0.2, 0.25) is 0 Å². The van der Waals surface area contributed by atoms with Crippen LogP contribution in [0.5, 0.6) is 5.75 Å². The van der Waals surface area contributed by atoms with E-state index in [0.717, 1.165) is 21.9 Å². The van der Waals surface area contributed by atoms with E-state index in [2.05, 4.69) is 27.1 Å². The molecule has 1 saturated carbocycles. The van der Waals surface area contributed by atoms with Crippen LogP contribution >= 0.6 is 0 Å². The van der Waals surface area contributed by atoms with Crippen molar-refractivity contribution in [1.82, 2.24) is 9.97 Å². The summed E-state index contributed by atoms with van der Waals surface area (Å²) in [6.45, 7) is 3.59. The van der Waals surface area contributed by atoms with E-state index in [0.29, 0.717) is 30.1 Å². The van der Waals surface area contributed by atoms with E-state index in [1.807, 2.05) is 30.3 Å². The lowest BCUT2D eigenvalue weighted by molar-refractivity contribution is -0.120. The molecule has 0 atom stereocenters. The maximum absolute atomic E-state index is 12.0. The number of carbonyl (C=O) groups excluding carboxylic acids is 1. The molecule has 0 unspecified atom stereocenters. The molecule has 4 N–H and O–H groups in total. The third kappa shape index (κ3) is 4.36. The van der Waals surface area contributed by atoms with Crippen molar-refractivity contribution >= 4 is 22.5 Å². The minimum absolute atomic E-state index is 0.205. The summed E-state index contributed by atoms with van der Waals surface area (Å²) in [5.41, 5.74) is 6.32. The van der Waals surface area contributed by atoms with Gasteiger partial charge in [0.25, 0.3) is 0 Å². The molecule has 0 aliphatic heterocycles. The van der Waals surface area contributed by atoms with Crippen LogP contribution in [0.4, 0.5) is 5.82 Å². The minimum Gasteiger partial charge on any atom is -0.491 e. The highest BCUT2D eigenvalue weighted by Crippen LogP contribution is 2.47. The number of fused-ring (bicyclic) bond motifs is 1. The lowest BCUT2D eigenvalue weighted by atomic mass is 9.98. The molecule has 1 aliphatic rings. The van der Waals surface area contributed by atoms with Gasteiger partial charge in [0.1, 0.15) is 18.2 Å². The van der Waals surface area contributed by atoms with Gasteiger partial charge in [-0.3, -0.25) is 9.78 Å². The Morgan fingerprint density at radius 3 is 2.50 bits per heavy atom. The number of nitrogens with zero attached hydrogens (tertiary/aromatic N) is 2. The maximum atomic E-state index is 12.0.